The maximum absolute atomic E-state index is 10.1. The van der Waals surface area contributed by atoms with Gasteiger partial charge in [0.2, 0.25) is 0 Å². The molecule has 0 spiro atoms. The summed E-state index contributed by atoms with van der Waals surface area (Å²) in [6.07, 6.45) is 7.94. The van der Waals surface area contributed by atoms with Crippen LogP contribution in [0.3, 0.4) is 0 Å². The minimum atomic E-state index is -0.707. The summed E-state index contributed by atoms with van der Waals surface area (Å²) in [6, 6.07) is 0. The van der Waals surface area contributed by atoms with Crippen molar-refractivity contribution in [2.45, 2.75) is 51.4 Å². The van der Waals surface area contributed by atoms with Gasteiger partial charge >= 0.3 is 5.97 Å². The van der Waals surface area contributed by atoms with Gasteiger partial charge in [-0.25, -0.2) is 0 Å². The molecule has 0 aliphatic heterocycles. The summed E-state index contributed by atoms with van der Waals surface area (Å²) in [6.45, 7) is 0. The van der Waals surface area contributed by atoms with Gasteiger partial charge in [-0.2, -0.15) is 0 Å². The Labute approximate surface area is 97.4 Å². The van der Waals surface area contributed by atoms with Gasteiger partial charge in [-0.3, -0.25) is 4.79 Å². The van der Waals surface area contributed by atoms with E-state index in [0.717, 1.165) is 44.8 Å². The van der Waals surface area contributed by atoms with E-state index in [1.807, 2.05) is 0 Å². The van der Waals surface area contributed by atoms with Gasteiger partial charge in [0.1, 0.15) is 6.29 Å². The van der Waals surface area contributed by atoms with Crippen LogP contribution in [0.4, 0.5) is 0 Å². The van der Waals surface area contributed by atoms with E-state index in [-0.39, 0.29) is 25.3 Å². The fourth-order valence-electron chi connectivity index (χ4n) is 1.21. The largest absolute Gasteiger partial charge is 0.481 e. The van der Waals surface area contributed by atoms with Gasteiger partial charge in [-0.15, -0.1) is 0 Å². The second-order valence-electron chi connectivity index (χ2n) is 3.22. The van der Waals surface area contributed by atoms with Gasteiger partial charge in [-0.05, 0) is 12.8 Å². The summed E-state index contributed by atoms with van der Waals surface area (Å²) >= 11 is 0. The Balaban J connectivity index is 0. The first kappa shape index (κ1) is 16.2. The Morgan fingerprint density at radius 3 is 2.00 bits per heavy atom. The molecule has 0 atom stereocenters. The smallest absolute Gasteiger partial charge is 0.303 e. The monoisotopic (exact) mass is 193 g/mol. The van der Waals surface area contributed by atoms with Crippen LogP contribution in [0.1, 0.15) is 51.4 Å². The van der Waals surface area contributed by atoms with E-state index in [1.54, 1.807) is 0 Å². The van der Waals surface area contributed by atoms with E-state index in [4.69, 9.17) is 5.11 Å². The number of carbonyl (C=O) groups is 2. The van der Waals surface area contributed by atoms with Crippen LogP contribution in [0.15, 0.2) is 0 Å². The molecule has 0 rings (SSSR count). The van der Waals surface area contributed by atoms with Crippen molar-refractivity contribution in [1.82, 2.24) is 0 Å². The summed E-state index contributed by atoms with van der Waals surface area (Å²) in [4.78, 5) is 20.1. The maximum atomic E-state index is 10.1. The quantitative estimate of drug-likeness (QED) is 0.346. The number of carboxylic acids is 1. The molecule has 4 heteroatoms. The number of aliphatic carboxylic acids is 1. The number of hydrogen-bond acceptors (Lipinski definition) is 2. The molecule has 0 amide bonds. The minimum absolute atomic E-state index is 0. The number of hydrogen-bond donors (Lipinski definition) is 1. The van der Waals surface area contributed by atoms with Crippen molar-refractivity contribution in [2.24, 2.45) is 0 Å². The summed E-state index contributed by atoms with van der Waals surface area (Å²) in [5.41, 5.74) is 0. The predicted octanol–water partition coefficient (Wildman–Crippen LogP) is 2.01. The molecule has 14 heavy (non-hydrogen) atoms. The second kappa shape index (κ2) is 12.7. The van der Waals surface area contributed by atoms with Crippen LogP contribution >= 0.6 is 0 Å². The molecule has 1 radical (unpaired) electrons. The molecule has 3 nitrogen and oxygen atoms in total. The Hall–Kier alpha value is -0.263. The van der Waals surface area contributed by atoms with Crippen LogP contribution in [-0.4, -0.2) is 36.2 Å². The summed E-state index contributed by atoms with van der Waals surface area (Å²) in [7, 11) is 0. The van der Waals surface area contributed by atoms with Gasteiger partial charge in [0.25, 0.3) is 0 Å². The first-order valence-electron chi connectivity index (χ1n) is 4.93. The number of aldehydes is 1. The second-order valence-corrected chi connectivity index (χ2v) is 3.22. The Bertz CT molecular complexity index is 148. The molecule has 0 aromatic rings. The van der Waals surface area contributed by atoms with Crippen LogP contribution in [-0.2, 0) is 9.59 Å². The van der Waals surface area contributed by atoms with Crippen molar-refractivity contribution < 1.29 is 14.7 Å². The maximum Gasteiger partial charge on any atom is 0.303 e. The molecule has 0 aliphatic carbocycles. The minimum Gasteiger partial charge on any atom is -0.481 e. The van der Waals surface area contributed by atoms with Crippen molar-refractivity contribution in [1.29, 1.82) is 0 Å². The number of rotatable bonds is 9. The molecule has 0 aromatic carbocycles. The molecule has 77 valence electrons. The van der Waals surface area contributed by atoms with Gasteiger partial charge in [0.05, 0.1) is 0 Å². The summed E-state index contributed by atoms with van der Waals surface area (Å²) in [5, 5.41) is 8.35. The van der Waals surface area contributed by atoms with E-state index < -0.39 is 5.97 Å². The van der Waals surface area contributed by atoms with E-state index >= 15 is 0 Å². The van der Waals surface area contributed by atoms with E-state index in [1.165, 1.54) is 0 Å². The topological polar surface area (TPSA) is 54.4 Å². The SMILES string of the molecule is O=CCCCCCCCCC(=O)O.[Li]. The summed E-state index contributed by atoms with van der Waals surface area (Å²) in [5.74, 6) is -0.707. The molecule has 0 saturated carbocycles. The van der Waals surface area contributed by atoms with Crippen molar-refractivity contribution >= 4 is 31.1 Å². The van der Waals surface area contributed by atoms with Gasteiger partial charge in [0.15, 0.2) is 0 Å². The molecule has 0 bridgehead atoms. The van der Waals surface area contributed by atoms with Gasteiger partial charge in [0, 0.05) is 31.7 Å². The molecular weight excluding hydrogens is 175 g/mol. The van der Waals surface area contributed by atoms with Crippen molar-refractivity contribution in [2.75, 3.05) is 0 Å². The van der Waals surface area contributed by atoms with Gasteiger partial charge < -0.3 is 9.90 Å². The zero-order valence-electron chi connectivity index (χ0n) is 9.00. The van der Waals surface area contributed by atoms with Crippen molar-refractivity contribution in [3.63, 3.8) is 0 Å². The predicted molar refractivity (Wildman–Crippen MR) is 56.4 cm³/mol. The summed E-state index contributed by atoms with van der Waals surface area (Å²) < 4.78 is 0. The van der Waals surface area contributed by atoms with Crippen LogP contribution in [0, 0.1) is 0 Å². The third kappa shape index (κ3) is 14.3. The van der Waals surface area contributed by atoms with Crippen molar-refractivity contribution in [3.8, 4) is 0 Å². The molecule has 0 saturated heterocycles. The molecule has 0 unspecified atom stereocenters. The van der Waals surface area contributed by atoms with Crippen LogP contribution in [0.5, 0.6) is 0 Å². The third-order valence-corrected chi connectivity index (χ3v) is 1.96. The average Bonchev–Trinajstić information content (AvgIpc) is 2.09. The number of carboxylic acid groups (broad SMARTS) is 1. The zero-order chi connectivity index (χ0) is 9.94. The first-order chi connectivity index (χ1) is 6.27. The van der Waals surface area contributed by atoms with E-state index in [9.17, 15) is 9.59 Å². The molecule has 0 aliphatic rings. The van der Waals surface area contributed by atoms with E-state index in [0.29, 0.717) is 6.42 Å². The third-order valence-electron chi connectivity index (χ3n) is 1.96. The fraction of sp³-hybridized carbons (Fsp3) is 0.800. The fourth-order valence-corrected chi connectivity index (χ4v) is 1.21. The first-order valence-corrected chi connectivity index (χ1v) is 4.93. The van der Waals surface area contributed by atoms with Crippen LogP contribution < -0.4 is 0 Å². The Morgan fingerprint density at radius 1 is 1.00 bits per heavy atom. The number of carbonyl (C=O) groups excluding carboxylic acids is 1. The average molecular weight is 193 g/mol. The van der Waals surface area contributed by atoms with E-state index in [2.05, 4.69) is 0 Å². The zero-order valence-corrected chi connectivity index (χ0v) is 9.00. The molecule has 0 heterocycles. The van der Waals surface area contributed by atoms with Crippen molar-refractivity contribution in [3.05, 3.63) is 0 Å². The van der Waals surface area contributed by atoms with Gasteiger partial charge in [-0.1, -0.05) is 25.7 Å². The Morgan fingerprint density at radius 2 is 1.50 bits per heavy atom. The standard InChI is InChI=1S/C10H18O3.Li/c11-9-7-5-3-1-2-4-6-8-10(12)13;/h9H,1-8H2,(H,12,13);. The normalized spacial score (nSPS) is 9.14. The van der Waals surface area contributed by atoms with Crippen LogP contribution in [0.2, 0.25) is 0 Å². The number of unbranched alkanes of at least 4 members (excludes halogenated alkanes) is 6. The van der Waals surface area contributed by atoms with Crippen LogP contribution in [0.25, 0.3) is 0 Å². The molecule has 0 aromatic heterocycles. The Kier molecular flexibility index (Phi) is 14.7. The molecular formula is C10H18LiO3. The molecule has 0 fully saturated rings. The molecule has 1 N–H and O–H groups in total.